The van der Waals surface area contributed by atoms with Crippen LogP contribution in [0, 0.1) is 0 Å². The third-order valence-electron chi connectivity index (χ3n) is 25.3. The summed E-state index contributed by atoms with van der Waals surface area (Å²) >= 11 is 0. The largest absolute Gasteiger partial charge is 0.507 e. The van der Waals surface area contributed by atoms with Crippen molar-refractivity contribution in [2.45, 2.75) is 340 Å². The Morgan fingerprint density at radius 2 is 1.00 bits per heavy atom. The van der Waals surface area contributed by atoms with Crippen molar-refractivity contribution in [1.29, 1.82) is 0 Å². The van der Waals surface area contributed by atoms with E-state index >= 15 is 9.59 Å². The fourth-order valence-corrected chi connectivity index (χ4v) is 19.2. The number of aliphatic hydroxyl groups is 5. The molecule has 0 amide bonds. The summed E-state index contributed by atoms with van der Waals surface area (Å²) in [5.41, 5.74) is -7.99. The topological polar surface area (TPSA) is 497 Å². The van der Waals surface area contributed by atoms with E-state index in [-0.39, 0.29) is 72.6 Å². The molecule has 119 heavy (non-hydrogen) atoms. The molecule has 0 spiro atoms. The van der Waals surface area contributed by atoms with Gasteiger partial charge in [-0.3, -0.25) is 24.8 Å². The summed E-state index contributed by atoms with van der Waals surface area (Å²) in [5, 5.41) is 115. The van der Waals surface area contributed by atoms with Gasteiger partial charge >= 0.3 is 17.9 Å². The third-order valence-corrected chi connectivity index (χ3v) is 25.3. The molecule has 10 N–H and O–H groups in total. The van der Waals surface area contributed by atoms with Crippen molar-refractivity contribution in [3.63, 3.8) is 0 Å². The number of aliphatic carboxylic acids is 1. The number of hydrogen-bond acceptors (Lipinski definition) is 38. The first-order valence-electron chi connectivity index (χ1n) is 40.2. The normalized spacial score (nSPS) is 43.6. The zero-order chi connectivity index (χ0) is 86.4. The Hall–Kier alpha value is -5.79. The summed E-state index contributed by atoms with van der Waals surface area (Å²) in [5.74, 6) is -8.76. The minimum absolute atomic E-state index is 0.0234. The van der Waals surface area contributed by atoms with Crippen molar-refractivity contribution in [2.24, 2.45) is 0 Å². The van der Waals surface area contributed by atoms with Gasteiger partial charge in [-0.2, -0.15) is 0 Å². The van der Waals surface area contributed by atoms with Crippen LogP contribution in [0.1, 0.15) is 181 Å². The minimum atomic E-state index is -2.06. The van der Waals surface area contributed by atoms with Crippen molar-refractivity contribution in [3.05, 3.63) is 63.2 Å². The standard InChI is InChI=1S/C80H114N2O37/c1-30-63(89)43(98-13)24-55(103-30)116-74-36(7)109-56(29-78(74,8)82(96)97)115-69-32(3)105-51(23-42(69)85)117-75-62(81(11)12)67(93)77-118-73-39(80(75,10)119-77)21-40(83)59-60(73)64(90)38-20-37-57(65(91)58(38)66(59)92)47(28-79(9,95)61(37)76(94)102-17)110-52-25-45(100-15)71(34(5)106-52)113-50-22-41(84)68(31(2)104-50)112-53-27-46(101-16)72(35(6)108-53)114-54-26-44(99-14)70(33(4)107-54)111-49(88)19-18-48(86)87/h18-21,30-36,41-47,50-56,61-63,67-72,74-75,77,83-85,89,91,93,95-97H,22-29H2,1-17H3,(H,86,87). The number of likely N-dealkylation sites (N-methyl/N-ethyl adjacent to an activating group) is 1. The highest BCUT2D eigenvalue weighted by Crippen LogP contribution is 2.58. The molecule has 8 fully saturated rings. The molecule has 0 radical (unpaired) electrons. The highest BCUT2D eigenvalue weighted by atomic mass is 16.8. The second kappa shape index (κ2) is 36.0. The molecule has 0 aromatic heterocycles. The Labute approximate surface area is 686 Å². The number of ketones is 2. The van der Waals surface area contributed by atoms with E-state index in [1.165, 1.54) is 48.4 Å². The molecule has 2 aromatic carbocycles. The number of fused-ring (bicyclic) bond motifs is 8. The number of phenolic OH excluding ortho intramolecular Hbond substituents is 2. The van der Waals surface area contributed by atoms with Crippen molar-refractivity contribution in [2.75, 3.05) is 49.6 Å². The molecule has 9 aliphatic heterocycles. The monoisotopic (exact) mass is 1690 g/mol. The molecular formula is C80H114N2O37. The Morgan fingerprint density at radius 3 is 1.53 bits per heavy atom. The van der Waals surface area contributed by atoms with E-state index in [1.807, 2.05) is 0 Å². The number of rotatable bonds is 24. The van der Waals surface area contributed by atoms with Gasteiger partial charge in [-0.05, 0) is 101 Å². The van der Waals surface area contributed by atoms with E-state index < -0.39 is 289 Å². The Balaban J connectivity index is 0.679. The van der Waals surface area contributed by atoms with E-state index in [9.17, 15) is 60.5 Å². The van der Waals surface area contributed by atoms with Gasteiger partial charge in [-0.15, -0.1) is 0 Å². The lowest BCUT2D eigenvalue weighted by atomic mass is 9.68. The van der Waals surface area contributed by atoms with Gasteiger partial charge in [0.05, 0.1) is 115 Å². The number of methoxy groups -OCH3 is 5. The van der Waals surface area contributed by atoms with Crippen molar-refractivity contribution < 1.29 is 179 Å². The lowest BCUT2D eigenvalue weighted by Gasteiger charge is -2.56. The van der Waals surface area contributed by atoms with Gasteiger partial charge in [-0.25, -0.2) is 9.59 Å². The van der Waals surface area contributed by atoms with Crippen molar-refractivity contribution >= 4 is 29.5 Å². The highest BCUT2D eigenvalue weighted by Gasteiger charge is 2.63. The van der Waals surface area contributed by atoms with E-state index in [2.05, 4.69) is 0 Å². The molecule has 13 rings (SSSR count). The van der Waals surface area contributed by atoms with E-state index in [0.29, 0.717) is 6.08 Å². The fourth-order valence-electron chi connectivity index (χ4n) is 19.2. The molecule has 2 aliphatic carbocycles. The molecule has 11 aliphatic rings. The number of hydroxylamine groups is 2. The first kappa shape index (κ1) is 90.9. The van der Waals surface area contributed by atoms with Crippen LogP contribution in [-0.4, -0.2) is 342 Å². The second-order valence-corrected chi connectivity index (χ2v) is 33.6. The van der Waals surface area contributed by atoms with E-state index in [1.54, 1.807) is 74.4 Å². The summed E-state index contributed by atoms with van der Waals surface area (Å²) in [4.78, 5) is 70.2. The van der Waals surface area contributed by atoms with Crippen LogP contribution in [0.2, 0.25) is 0 Å². The van der Waals surface area contributed by atoms with Crippen LogP contribution in [0.25, 0.3) is 0 Å². The summed E-state index contributed by atoms with van der Waals surface area (Å²) in [6.07, 6.45) is -29.6. The van der Waals surface area contributed by atoms with Crippen LogP contribution in [0.4, 0.5) is 0 Å². The summed E-state index contributed by atoms with van der Waals surface area (Å²) < 4.78 is 136. The van der Waals surface area contributed by atoms with Crippen LogP contribution in [0.15, 0.2) is 24.3 Å². The van der Waals surface area contributed by atoms with Gasteiger partial charge in [-0.1, -0.05) is 5.23 Å². The predicted octanol–water partition coefficient (Wildman–Crippen LogP) is 2.39. The summed E-state index contributed by atoms with van der Waals surface area (Å²) in [7, 11) is 10.3. The average Bonchev–Trinajstić information content (AvgIpc) is 0.690. The Bertz CT molecular complexity index is 3990. The van der Waals surface area contributed by atoms with Gasteiger partial charge in [0.15, 0.2) is 55.9 Å². The average molecular weight is 1700 g/mol. The quantitative estimate of drug-likeness (QED) is 0.0350. The molecule has 36 unspecified atom stereocenters. The number of esters is 2. The second-order valence-electron chi connectivity index (χ2n) is 33.6. The molecule has 9 heterocycles. The van der Waals surface area contributed by atoms with Gasteiger partial charge in [0.25, 0.3) is 0 Å². The number of carbonyl (C=O) groups excluding carboxylic acids is 4. The van der Waals surface area contributed by atoms with Gasteiger partial charge in [0.1, 0.15) is 89.2 Å². The smallest absolute Gasteiger partial charge is 0.331 e. The number of phenols is 2. The number of ether oxygens (including phenoxy) is 22. The molecule has 39 nitrogen and oxygen atoms in total. The first-order valence-corrected chi connectivity index (χ1v) is 40.2. The van der Waals surface area contributed by atoms with Crippen LogP contribution >= 0.6 is 0 Å². The molecule has 39 heteroatoms. The minimum Gasteiger partial charge on any atom is -0.507 e. The van der Waals surface area contributed by atoms with Gasteiger partial charge in [0.2, 0.25) is 12.1 Å². The lowest BCUT2D eigenvalue weighted by Crippen LogP contribution is -2.70. The Morgan fingerprint density at radius 1 is 0.529 bits per heavy atom. The predicted molar refractivity (Wildman–Crippen MR) is 397 cm³/mol. The zero-order valence-corrected chi connectivity index (χ0v) is 69.4. The van der Waals surface area contributed by atoms with E-state index in [4.69, 9.17) is 109 Å². The molecule has 2 aromatic rings. The number of carboxylic acid groups (broad SMARTS) is 1. The maximum absolute atomic E-state index is 15.7. The number of benzene rings is 2. The molecular weight excluding hydrogens is 1580 g/mol. The SMILES string of the molecule is COC(=O)C1c2cc3c(c(O)c2C(OC2CC(OC)C(OC4CC(O)C(OC5CC(OC)C(OC6CC(OC)C(OC(=O)C=CC(=O)O)C(C)O6)C(C)O5)C(C)O4)C(C)O2)CC1(C)O)C(=O)c1c(O)cc2c(c1C3=O)OC1OC2(C)C(OC2CC(O)C(OC3CC(C)(N(O)O)C(OC4CC(OC)C(O)C(C)O4)C(C)O3)C(C)O2)C(N(C)C)C1O. The van der Waals surface area contributed by atoms with Crippen molar-refractivity contribution in [3.8, 4) is 17.2 Å². The fraction of sp³-hybridized carbons (Fsp3) is 0.762. The number of hydrogen-bond donors (Lipinski definition) is 10. The molecule has 0 saturated carbocycles. The number of nitrogens with zero attached hydrogens (tertiary/aromatic N) is 2. The third kappa shape index (κ3) is 17.6. The molecule has 8 saturated heterocycles. The number of carboxylic acids is 1. The zero-order valence-electron chi connectivity index (χ0n) is 69.4. The first-order chi connectivity index (χ1) is 56.2. The summed E-state index contributed by atoms with van der Waals surface area (Å²) in [6.45, 7) is 16.2. The van der Waals surface area contributed by atoms with Gasteiger partial charge < -0.3 is 150 Å². The van der Waals surface area contributed by atoms with E-state index in [0.717, 1.165) is 19.3 Å². The summed E-state index contributed by atoms with van der Waals surface area (Å²) in [6, 6.07) is 1.33. The van der Waals surface area contributed by atoms with Crippen LogP contribution < -0.4 is 4.74 Å². The number of carbonyl (C=O) groups is 5. The maximum Gasteiger partial charge on any atom is 0.331 e. The van der Waals surface area contributed by atoms with Gasteiger partial charge in [0, 0.05) is 109 Å². The molecule has 666 valence electrons. The molecule has 36 atom stereocenters. The molecule has 2 bridgehead atoms. The van der Waals surface area contributed by atoms with Crippen LogP contribution in [0.3, 0.4) is 0 Å². The maximum atomic E-state index is 15.7. The Kier molecular flexibility index (Phi) is 27.5. The van der Waals surface area contributed by atoms with Crippen LogP contribution in [0.5, 0.6) is 17.2 Å². The lowest BCUT2D eigenvalue weighted by molar-refractivity contribution is -0.422. The number of aliphatic hydroxyl groups excluding tert-OH is 4. The highest BCUT2D eigenvalue weighted by molar-refractivity contribution is 6.31. The van der Waals surface area contributed by atoms with Crippen molar-refractivity contribution in [1.82, 2.24) is 10.1 Å². The van der Waals surface area contributed by atoms with Crippen LogP contribution in [-0.2, 0) is 119 Å². The number of aromatic hydroxyl groups is 2.